The average molecular weight is 250 g/mol. The fourth-order valence-corrected chi connectivity index (χ4v) is 4.47. The van der Waals surface area contributed by atoms with Crippen LogP contribution in [0.1, 0.15) is 45.4 Å². The lowest BCUT2D eigenvalue weighted by atomic mass is 9.83. The maximum Gasteiger partial charge on any atom is 0.227 e. The molecule has 4 atom stereocenters. The van der Waals surface area contributed by atoms with Gasteiger partial charge in [0.1, 0.15) is 0 Å². The molecule has 2 N–H and O–H groups in total. The predicted octanol–water partition coefficient (Wildman–Crippen LogP) is 2.01. The number of fused-ring (bicyclic) bond motifs is 2. The summed E-state index contributed by atoms with van der Waals surface area (Å²) in [6, 6.07) is 0.153. The third kappa shape index (κ3) is 1.97. The molecule has 0 aromatic rings. The van der Waals surface area contributed by atoms with Gasteiger partial charge in [0.2, 0.25) is 5.91 Å². The first kappa shape index (κ1) is 12.5. The molecule has 3 aliphatic rings. The number of nitrogens with zero attached hydrogens (tertiary/aromatic N) is 1. The van der Waals surface area contributed by atoms with Crippen molar-refractivity contribution < 1.29 is 4.79 Å². The maximum absolute atomic E-state index is 12.6. The summed E-state index contributed by atoms with van der Waals surface area (Å²) in [6.45, 7) is 4.20. The zero-order chi connectivity index (χ0) is 12.7. The van der Waals surface area contributed by atoms with Gasteiger partial charge in [-0.2, -0.15) is 0 Å². The number of carbonyl (C=O) groups excluding carboxylic acids is 1. The lowest BCUT2D eigenvalue weighted by Crippen LogP contribution is -2.49. The minimum atomic E-state index is 0.153. The SMILES string of the molecule is CCC1CCN(C(=O)C2C3CCC(C3)C2N)CC1. The molecule has 1 aliphatic heterocycles. The first-order valence-electron chi connectivity index (χ1n) is 7.75. The summed E-state index contributed by atoms with van der Waals surface area (Å²) in [4.78, 5) is 14.8. The first-order valence-corrected chi connectivity index (χ1v) is 7.75. The molecule has 0 aromatic carbocycles. The molecule has 1 amide bonds. The maximum atomic E-state index is 12.6. The quantitative estimate of drug-likeness (QED) is 0.815. The van der Waals surface area contributed by atoms with Crippen LogP contribution in [0.4, 0.5) is 0 Å². The Labute approximate surface area is 110 Å². The molecule has 2 bridgehead atoms. The second-order valence-electron chi connectivity index (χ2n) is 6.61. The van der Waals surface area contributed by atoms with Crippen molar-refractivity contribution in [1.29, 1.82) is 0 Å². The molecule has 3 fully saturated rings. The summed E-state index contributed by atoms with van der Waals surface area (Å²) in [7, 11) is 0. The summed E-state index contributed by atoms with van der Waals surface area (Å²) < 4.78 is 0. The van der Waals surface area contributed by atoms with Gasteiger partial charge in [-0.15, -0.1) is 0 Å². The number of piperidine rings is 1. The van der Waals surface area contributed by atoms with E-state index in [1.54, 1.807) is 0 Å². The monoisotopic (exact) mass is 250 g/mol. The van der Waals surface area contributed by atoms with Crippen LogP contribution in [0.2, 0.25) is 0 Å². The second-order valence-corrected chi connectivity index (χ2v) is 6.61. The van der Waals surface area contributed by atoms with Gasteiger partial charge in [0, 0.05) is 19.1 Å². The molecule has 0 radical (unpaired) electrons. The highest BCUT2D eigenvalue weighted by Crippen LogP contribution is 2.48. The summed E-state index contributed by atoms with van der Waals surface area (Å²) in [5, 5.41) is 0. The number of likely N-dealkylation sites (tertiary alicyclic amines) is 1. The van der Waals surface area contributed by atoms with E-state index in [4.69, 9.17) is 5.73 Å². The van der Waals surface area contributed by atoms with Gasteiger partial charge in [0.25, 0.3) is 0 Å². The molecule has 1 saturated heterocycles. The van der Waals surface area contributed by atoms with Crippen LogP contribution in [0, 0.1) is 23.7 Å². The Kier molecular flexibility index (Phi) is 3.35. The molecule has 2 aliphatic carbocycles. The van der Waals surface area contributed by atoms with Crippen molar-refractivity contribution >= 4 is 5.91 Å². The van der Waals surface area contributed by atoms with E-state index in [0.29, 0.717) is 17.7 Å². The number of hydrogen-bond acceptors (Lipinski definition) is 2. The Morgan fingerprint density at radius 3 is 2.39 bits per heavy atom. The van der Waals surface area contributed by atoms with Crippen LogP contribution in [0.3, 0.4) is 0 Å². The molecule has 4 unspecified atom stereocenters. The number of amides is 1. The zero-order valence-corrected chi connectivity index (χ0v) is 11.5. The van der Waals surface area contributed by atoms with Crippen LogP contribution in [-0.4, -0.2) is 29.9 Å². The van der Waals surface area contributed by atoms with Crippen molar-refractivity contribution in [2.24, 2.45) is 29.4 Å². The van der Waals surface area contributed by atoms with Gasteiger partial charge in [0.15, 0.2) is 0 Å². The topological polar surface area (TPSA) is 46.3 Å². The molecule has 0 aromatic heterocycles. The van der Waals surface area contributed by atoms with E-state index < -0.39 is 0 Å². The Hall–Kier alpha value is -0.570. The Bertz CT molecular complexity index is 320. The normalized spacial score (nSPS) is 40.4. The molecule has 3 rings (SSSR count). The first-order chi connectivity index (χ1) is 8.70. The van der Waals surface area contributed by atoms with Crippen LogP contribution >= 0.6 is 0 Å². The largest absolute Gasteiger partial charge is 0.342 e. The smallest absolute Gasteiger partial charge is 0.227 e. The van der Waals surface area contributed by atoms with E-state index in [0.717, 1.165) is 19.0 Å². The van der Waals surface area contributed by atoms with Crippen LogP contribution in [0.15, 0.2) is 0 Å². The molecule has 1 heterocycles. The second kappa shape index (κ2) is 4.84. The highest BCUT2D eigenvalue weighted by Gasteiger charge is 2.50. The van der Waals surface area contributed by atoms with Crippen molar-refractivity contribution in [3.63, 3.8) is 0 Å². The molecule has 2 saturated carbocycles. The van der Waals surface area contributed by atoms with E-state index in [1.807, 2.05) is 0 Å². The van der Waals surface area contributed by atoms with E-state index in [9.17, 15) is 4.79 Å². The van der Waals surface area contributed by atoms with E-state index >= 15 is 0 Å². The van der Waals surface area contributed by atoms with Gasteiger partial charge in [-0.05, 0) is 49.9 Å². The van der Waals surface area contributed by atoms with Gasteiger partial charge >= 0.3 is 0 Å². The van der Waals surface area contributed by atoms with E-state index in [1.165, 1.54) is 38.5 Å². The number of nitrogens with two attached hydrogens (primary N) is 1. The minimum absolute atomic E-state index is 0.153. The number of hydrogen-bond donors (Lipinski definition) is 1. The summed E-state index contributed by atoms with van der Waals surface area (Å²) >= 11 is 0. The molecule has 18 heavy (non-hydrogen) atoms. The molecular weight excluding hydrogens is 224 g/mol. The Balaban J connectivity index is 1.62. The molecule has 0 spiro atoms. The standard InChI is InChI=1S/C15H26N2O/c1-2-10-5-7-17(8-6-10)15(18)13-11-3-4-12(9-11)14(13)16/h10-14H,2-9,16H2,1H3. The molecule has 3 nitrogen and oxygen atoms in total. The highest BCUT2D eigenvalue weighted by atomic mass is 16.2. The van der Waals surface area contributed by atoms with Crippen molar-refractivity contribution in [2.75, 3.05) is 13.1 Å². The van der Waals surface area contributed by atoms with E-state index in [2.05, 4.69) is 11.8 Å². The lowest BCUT2D eigenvalue weighted by molar-refractivity contribution is -0.139. The molecule has 3 heteroatoms. The fraction of sp³-hybridized carbons (Fsp3) is 0.933. The van der Waals surface area contributed by atoms with Crippen molar-refractivity contribution in [3.05, 3.63) is 0 Å². The van der Waals surface area contributed by atoms with Crippen LogP contribution < -0.4 is 5.73 Å². The van der Waals surface area contributed by atoms with Gasteiger partial charge in [0.05, 0.1) is 5.92 Å². The van der Waals surface area contributed by atoms with Crippen molar-refractivity contribution in [2.45, 2.75) is 51.5 Å². The predicted molar refractivity (Wildman–Crippen MR) is 71.9 cm³/mol. The van der Waals surface area contributed by atoms with Gasteiger partial charge in [-0.3, -0.25) is 4.79 Å². The van der Waals surface area contributed by atoms with Gasteiger partial charge in [-0.1, -0.05) is 13.3 Å². The zero-order valence-electron chi connectivity index (χ0n) is 11.5. The van der Waals surface area contributed by atoms with Crippen molar-refractivity contribution in [3.8, 4) is 0 Å². The number of rotatable bonds is 2. The van der Waals surface area contributed by atoms with Gasteiger partial charge in [-0.25, -0.2) is 0 Å². The summed E-state index contributed by atoms with van der Waals surface area (Å²) in [6.07, 6.45) is 7.35. The Morgan fingerprint density at radius 2 is 1.83 bits per heavy atom. The lowest BCUT2D eigenvalue weighted by Gasteiger charge is -2.36. The van der Waals surface area contributed by atoms with Crippen molar-refractivity contribution in [1.82, 2.24) is 4.90 Å². The van der Waals surface area contributed by atoms with Crippen LogP contribution in [0.5, 0.6) is 0 Å². The Morgan fingerprint density at radius 1 is 1.17 bits per heavy atom. The molecular formula is C15H26N2O. The fourth-order valence-electron chi connectivity index (χ4n) is 4.47. The van der Waals surface area contributed by atoms with E-state index in [-0.39, 0.29) is 12.0 Å². The van der Waals surface area contributed by atoms with Gasteiger partial charge < -0.3 is 10.6 Å². The van der Waals surface area contributed by atoms with Crippen LogP contribution in [0.25, 0.3) is 0 Å². The molecule has 102 valence electrons. The summed E-state index contributed by atoms with van der Waals surface area (Å²) in [5.74, 6) is 2.60. The average Bonchev–Trinajstić information content (AvgIpc) is 2.99. The highest BCUT2D eigenvalue weighted by molar-refractivity contribution is 5.80. The third-order valence-electron chi connectivity index (χ3n) is 5.77. The third-order valence-corrected chi connectivity index (χ3v) is 5.77. The number of carbonyl (C=O) groups is 1. The summed E-state index contributed by atoms with van der Waals surface area (Å²) in [5.41, 5.74) is 6.28. The minimum Gasteiger partial charge on any atom is -0.342 e. The van der Waals surface area contributed by atoms with Crippen LogP contribution in [-0.2, 0) is 4.79 Å².